The Morgan fingerprint density at radius 3 is 2.57 bits per heavy atom. The van der Waals surface area contributed by atoms with Crippen LogP contribution < -0.4 is 10.1 Å². The molecule has 30 heavy (non-hydrogen) atoms. The van der Waals surface area contributed by atoms with Crippen LogP contribution in [0.1, 0.15) is 5.69 Å². The zero-order chi connectivity index (χ0) is 20.8. The summed E-state index contributed by atoms with van der Waals surface area (Å²) in [6, 6.07) is 18.1. The van der Waals surface area contributed by atoms with E-state index in [4.69, 9.17) is 9.47 Å². The molecule has 0 amide bonds. The van der Waals surface area contributed by atoms with Crippen LogP contribution in [0.4, 0.5) is 10.9 Å². The van der Waals surface area contributed by atoms with Gasteiger partial charge in [-0.25, -0.2) is 15.0 Å². The fourth-order valence-electron chi connectivity index (χ4n) is 2.92. The summed E-state index contributed by atoms with van der Waals surface area (Å²) >= 11 is 1.56. The number of aryl methyl sites for hydroxylation is 1. The zero-order valence-corrected chi connectivity index (χ0v) is 17.6. The molecule has 3 heterocycles. The first-order chi connectivity index (χ1) is 14.7. The van der Waals surface area contributed by atoms with Crippen LogP contribution in [-0.2, 0) is 4.74 Å². The standard InChI is InChI=1S/C23H22N4O2S/c1-16-4-3-5-21(25-16)27-23-26-20(15-30-23)18-8-6-17(7-9-18)19-10-11-24-22(14-19)29-13-12-28-2/h3-11,14-15H,12-13H2,1-2H3,(H,25,26,27). The van der Waals surface area contributed by atoms with Gasteiger partial charge in [0.05, 0.1) is 12.3 Å². The molecule has 0 bridgehead atoms. The monoisotopic (exact) mass is 418 g/mol. The van der Waals surface area contributed by atoms with E-state index in [-0.39, 0.29) is 0 Å². The van der Waals surface area contributed by atoms with E-state index in [0.29, 0.717) is 19.1 Å². The number of nitrogens with zero attached hydrogens (tertiary/aromatic N) is 3. The Labute approximate surface area is 179 Å². The molecule has 0 aliphatic heterocycles. The number of ether oxygens (including phenoxy) is 2. The maximum atomic E-state index is 5.60. The molecule has 0 spiro atoms. The number of hydrogen-bond donors (Lipinski definition) is 1. The second-order valence-electron chi connectivity index (χ2n) is 6.63. The summed E-state index contributed by atoms with van der Waals surface area (Å²) in [7, 11) is 1.65. The van der Waals surface area contributed by atoms with E-state index < -0.39 is 0 Å². The van der Waals surface area contributed by atoms with E-state index in [9.17, 15) is 0 Å². The highest BCUT2D eigenvalue weighted by molar-refractivity contribution is 7.14. The van der Waals surface area contributed by atoms with Crippen molar-refractivity contribution < 1.29 is 9.47 Å². The minimum Gasteiger partial charge on any atom is -0.475 e. The highest BCUT2D eigenvalue weighted by atomic mass is 32.1. The number of aromatic nitrogens is 3. The Balaban J connectivity index is 1.46. The van der Waals surface area contributed by atoms with Crippen LogP contribution in [0.3, 0.4) is 0 Å². The van der Waals surface area contributed by atoms with Crippen molar-refractivity contribution in [3.8, 4) is 28.3 Å². The van der Waals surface area contributed by atoms with Crippen LogP contribution in [0.2, 0.25) is 0 Å². The number of pyridine rings is 2. The highest BCUT2D eigenvalue weighted by Crippen LogP contribution is 2.29. The van der Waals surface area contributed by atoms with Gasteiger partial charge in [0, 0.05) is 36.0 Å². The molecule has 7 heteroatoms. The average Bonchev–Trinajstić information content (AvgIpc) is 3.23. The van der Waals surface area contributed by atoms with Crippen molar-refractivity contribution in [2.75, 3.05) is 25.6 Å². The van der Waals surface area contributed by atoms with Gasteiger partial charge < -0.3 is 14.8 Å². The molecule has 4 rings (SSSR count). The topological polar surface area (TPSA) is 69.2 Å². The van der Waals surface area contributed by atoms with Gasteiger partial charge in [0.15, 0.2) is 5.13 Å². The Kier molecular flexibility index (Phi) is 6.32. The van der Waals surface area contributed by atoms with Crippen molar-refractivity contribution in [1.29, 1.82) is 0 Å². The van der Waals surface area contributed by atoms with Gasteiger partial charge in [0.1, 0.15) is 12.4 Å². The minimum absolute atomic E-state index is 0.476. The summed E-state index contributed by atoms with van der Waals surface area (Å²) in [5.74, 6) is 1.39. The van der Waals surface area contributed by atoms with Crippen molar-refractivity contribution in [2.24, 2.45) is 0 Å². The first-order valence-corrected chi connectivity index (χ1v) is 10.4. The summed E-state index contributed by atoms with van der Waals surface area (Å²) in [4.78, 5) is 13.4. The van der Waals surface area contributed by atoms with E-state index in [0.717, 1.165) is 39.0 Å². The van der Waals surface area contributed by atoms with Crippen LogP contribution in [0, 0.1) is 6.92 Å². The number of methoxy groups -OCH3 is 1. The summed E-state index contributed by atoms with van der Waals surface area (Å²) in [5, 5.41) is 6.13. The van der Waals surface area contributed by atoms with Gasteiger partial charge in [0.2, 0.25) is 5.88 Å². The highest BCUT2D eigenvalue weighted by Gasteiger charge is 2.07. The molecule has 0 saturated heterocycles. The Morgan fingerprint density at radius 1 is 0.933 bits per heavy atom. The molecule has 0 fully saturated rings. The van der Waals surface area contributed by atoms with Crippen LogP contribution >= 0.6 is 11.3 Å². The van der Waals surface area contributed by atoms with Crippen LogP contribution in [0.25, 0.3) is 22.4 Å². The number of hydrogen-bond acceptors (Lipinski definition) is 7. The van der Waals surface area contributed by atoms with Crippen molar-refractivity contribution in [1.82, 2.24) is 15.0 Å². The van der Waals surface area contributed by atoms with Crippen LogP contribution in [0.15, 0.2) is 66.2 Å². The summed E-state index contributed by atoms with van der Waals surface area (Å²) < 4.78 is 10.6. The molecule has 0 atom stereocenters. The number of benzene rings is 1. The first kappa shape index (κ1) is 20.0. The predicted octanol–water partition coefficient (Wildman–Crippen LogP) is 5.34. The van der Waals surface area contributed by atoms with E-state index in [1.807, 2.05) is 42.6 Å². The third-order valence-corrected chi connectivity index (χ3v) is 5.17. The lowest BCUT2D eigenvalue weighted by molar-refractivity contribution is 0.144. The molecule has 1 aromatic carbocycles. The molecule has 0 unspecified atom stereocenters. The van der Waals surface area contributed by atoms with Gasteiger partial charge in [-0.2, -0.15) is 0 Å². The fraction of sp³-hybridized carbons (Fsp3) is 0.174. The van der Waals surface area contributed by atoms with Gasteiger partial charge in [-0.05, 0) is 36.2 Å². The van der Waals surface area contributed by atoms with Crippen molar-refractivity contribution in [3.05, 3.63) is 71.9 Å². The van der Waals surface area contributed by atoms with Crippen molar-refractivity contribution in [3.63, 3.8) is 0 Å². The van der Waals surface area contributed by atoms with Crippen molar-refractivity contribution in [2.45, 2.75) is 6.92 Å². The minimum atomic E-state index is 0.476. The Hall–Kier alpha value is -3.29. The lowest BCUT2D eigenvalue weighted by atomic mass is 10.0. The molecular formula is C23H22N4O2S. The smallest absolute Gasteiger partial charge is 0.213 e. The van der Waals surface area contributed by atoms with E-state index >= 15 is 0 Å². The quantitative estimate of drug-likeness (QED) is 0.389. The van der Waals surface area contributed by atoms with E-state index in [1.165, 1.54) is 0 Å². The lowest BCUT2D eigenvalue weighted by Crippen LogP contribution is -2.05. The zero-order valence-electron chi connectivity index (χ0n) is 16.8. The van der Waals surface area contributed by atoms with E-state index in [2.05, 4.69) is 44.5 Å². The first-order valence-electron chi connectivity index (χ1n) is 9.56. The Bertz CT molecular complexity index is 1110. The number of rotatable bonds is 8. The second kappa shape index (κ2) is 9.47. The molecule has 3 aromatic heterocycles. The maximum Gasteiger partial charge on any atom is 0.213 e. The molecule has 0 aliphatic rings. The van der Waals surface area contributed by atoms with Gasteiger partial charge >= 0.3 is 0 Å². The molecule has 0 aliphatic carbocycles. The maximum absolute atomic E-state index is 5.60. The molecule has 6 nitrogen and oxygen atoms in total. The molecular weight excluding hydrogens is 396 g/mol. The van der Waals surface area contributed by atoms with Gasteiger partial charge in [-0.1, -0.05) is 30.3 Å². The third kappa shape index (κ3) is 5.00. The number of anilines is 2. The Morgan fingerprint density at radius 2 is 1.77 bits per heavy atom. The summed E-state index contributed by atoms with van der Waals surface area (Å²) in [6.07, 6.45) is 1.75. The molecule has 0 saturated carbocycles. The number of thiazole rings is 1. The molecule has 152 valence electrons. The third-order valence-electron chi connectivity index (χ3n) is 4.41. The lowest BCUT2D eigenvalue weighted by Gasteiger charge is -2.07. The van der Waals surface area contributed by atoms with E-state index in [1.54, 1.807) is 24.6 Å². The summed E-state index contributed by atoms with van der Waals surface area (Å²) in [5.41, 5.74) is 5.10. The fourth-order valence-corrected chi connectivity index (χ4v) is 3.64. The SMILES string of the molecule is COCCOc1cc(-c2ccc(-c3csc(Nc4cccc(C)n4)n3)cc2)ccn1. The molecule has 1 N–H and O–H groups in total. The van der Waals surface area contributed by atoms with Gasteiger partial charge in [-0.3, -0.25) is 0 Å². The van der Waals surface area contributed by atoms with Crippen LogP contribution in [0.5, 0.6) is 5.88 Å². The van der Waals surface area contributed by atoms with Gasteiger partial charge in [0.25, 0.3) is 0 Å². The summed E-state index contributed by atoms with van der Waals surface area (Å²) in [6.45, 7) is 2.98. The normalized spacial score (nSPS) is 10.7. The predicted molar refractivity (Wildman–Crippen MR) is 120 cm³/mol. The largest absolute Gasteiger partial charge is 0.475 e. The van der Waals surface area contributed by atoms with Gasteiger partial charge in [-0.15, -0.1) is 11.3 Å². The second-order valence-corrected chi connectivity index (χ2v) is 7.49. The average molecular weight is 419 g/mol. The molecule has 0 radical (unpaired) electrons. The molecule has 4 aromatic rings. The van der Waals surface area contributed by atoms with Crippen LogP contribution in [-0.4, -0.2) is 35.3 Å². The number of nitrogens with one attached hydrogen (secondary N) is 1. The van der Waals surface area contributed by atoms with Crippen molar-refractivity contribution >= 4 is 22.3 Å².